The molecule has 1 aromatic heterocycles. The standard InChI is InChI=1S/C26H30N4O4/c1-4-27-11-12-29-24(32)26(3)15-20-19-14-18(34-5-2)9-10-21(19)28-22(20)23(30(26)25(29)33)16-7-6-8-17(31)13-16/h6-10,13-14,23,27-28,31H,4-5,11-12,15H2,1-3H3/t23?,26-/m0/s1. The van der Waals surface area contributed by atoms with Crippen LogP contribution in [0.25, 0.3) is 10.9 Å². The smallest absolute Gasteiger partial charge is 0.328 e. The Hall–Kier alpha value is -3.52. The summed E-state index contributed by atoms with van der Waals surface area (Å²) in [5.41, 5.74) is 2.49. The minimum absolute atomic E-state index is 0.114. The molecule has 3 heterocycles. The second kappa shape index (κ2) is 8.36. The third-order valence-electron chi connectivity index (χ3n) is 6.90. The van der Waals surface area contributed by atoms with E-state index in [1.807, 2.05) is 45.0 Å². The van der Waals surface area contributed by atoms with Gasteiger partial charge in [-0.25, -0.2) is 4.79 Å². The topological polar surface area (TPSA) is 97.9 Å². The molecule has 2 aliphatic rings. The SMILES string of the molecule is CCNCCN1C(=O)N2C(c3cccc(O)c3)c3[nH]c4ccc(OCC)cc4c3C[C@@]2(C)C1=O. The molecule has 8 heteroatoms. The highest BCUT2D eigenvalue weighted by atomic mass is 16.5. The molecule has 2 aromatic carbocycles. The number of fused-ring (bicyclic) bond motifs is 4. The first-order valence-corrected chi connectivity index (χ1v) is 11.8. The van der Waals surface area contributed by atoms with Gasteiger partial charge in [-0.15, -0.1) is 0 Å². The number of aromatic nitrogens is 1. The van der Waals surface area contributed by atoms with Crippen LogP contribution in [-0.2, 0) is 11.2 Å². The largest absolute Gasteiger partial charge is 0.508 e. The first-order valence-electron chi connectivity index (χ1n) is 11.8. The van der Waals surface area contributed by atoms with Crippen molar-refractivity contribution >= 4 is 22.8 Å². The molecule has 34 heavy (non-hydrogen) atoms. The van der Waals surface area contributed by atoms with Crippen molar-refractivity contribution in [3.8, 4) is 11.5 Å². The number of aromatic amines is 1. The zero-order valence-corrected chi connectivity index (χ0v) is 19.7. The van der Waals surface area contributed by atoms with Crippen LogP contribution in [0.15, 0.2) is 42.5 Å². The molecular formula is C26H30N4O4. The average Bonchev–Trinajstić information content (AvgIpc) is 3.25. The minimum atomic E-state index is -1.04. The van der Waals surface area contributed by atoms with E-state index in [9.17, 15) is 14.7 Å². The number of carbonyl (C=O) groups excluding carboxylic acids is 2. The Kier molecular flexibility index (Phi) is 5.48. The zero-order chi connectivity index (χ0) is 24.0. The van der Waals surface area contributed by atoms with Crippen LogP contribution in [0, 0.1) is 0 Å². The predicted molar refractivity (Wildman–Crippen MR) is 129 cm³/mol. The molecule has 2 aliphatic heterocycles. The number of hydrogen-bond donors (Lipinski definition) is 3. The van der Waals surface area contributed by atoms with Gasteiger partial charge in [-0.2, -0.15) is 0 Å². The van der Waals surface area contributed by atoms with Crippen LogP contribution in [0.4, 0.5) is 4.79 Å². The molecule has 178 valence electrons. The van der Waals surface area contributed by atoms with Crippen molar-refractivity contribution in [1.29, 1.82) is 0 Å². The van der Waals surface area contributed by atoms with E-state index in [0.717, 1.165) is 40.0 Å². The van der Waals surface area contributed by atoms with Crippen LogP contribution in [0.1, 0.15) is 43.6 Å². The molecule has 1 fully saturated rings. The molecule has 0 aliphatic carbocycles. The van der Waals surface area contributed by atoms with Crippen LogP contribution in [-0.4, -0.2) is 63.6 Å². The van der Waals surface area contributed by atoms with Gasteiger partial charge in [-0.3, -0.25) is 14.6 Å². The molecule has 8 nitrogen and oxygen atoms in total. The Morgan fingerprint density at radius 2 is 2.03 bits per heavy atom. The molecule has 3 aromatic rings. The fourth-order valence-corrected chi connectivity index (χ4v) is 5.35. The number of imide groups is 1. The summed E-state index contributed by atoms with van der Waals surface area (Å²) in [6.07, 6.45) is 0.398. The number of H-pyrrole nitrogens is 1. The van der Waals surface area contributed by atoms with Crippen LogP contribution >= 0.6 is 0 Å². The Balaban J connectivity index is 1.69. The van der Waals surface area contributed by atoms with E-state index in [2.05, 4.69) is 10.3 Å². The minimum Gasteiger partial charge on any atom is -0.508 e. The third kappa shape index (κ3) is 3.32. The summed E-state index contributed by atoms with van der Waals surface area (Å²) < 4.78 is 5.73. The van der Waals surface area contributed by atoms with E-state index in [-0.39, 0.29) is 17.7 Å². The average molecular weight is 463 g/mol. The van der Waals surface area contributed by atoms with Crippen LogP contribution in [0.3, 0.4) is 0 Å². The number of aromatic hydroxyl groups is 1. The number of amides is 3. The second-order valence-corrected chi connectivity index (χ2v) is 9.07. The number of nitrogens with zero attached hydrogens (tertiary/aromatic N) is 2. The quantitative estimate of drug-likeness (QED) is 0.369. The molecule has 0 radical (unpaired) electrons. The van der Waals surface area contributed by atoms with E-state index < -0.39 is 11.6 Å². The lowest BCUT2D eigenvalue weighted by molar-refractivity contribution is -0.133. The highest BCUT2D eigenvalue weighted by Gasteiger charge is 2.60. The van der Waals surface area contributed by atoms with Gasteiger partial charge in [0.2, 0.25) is 0 Å². The molecule has 3 N–H and O–H groups in total. The van der Waals surface area contributed by atoms with Gasteiger partial charge in [-0.1, -0.05) is 19.1 Å². The number of likely N-dealkylation sites (N-methyl/N-ethyl adjacent to an activating group) is 1. The first kappa shape index (κ1) is 22.3. The fraction of sp³-hybridized carbons (Fsp3) is 0.385. The molecule has 1 unspecified atom stereocenters. The molecular weight excluding hydrogens is 432 g/mol. The van der Waals surface area contributed by atoms with Crippen molar-refractivity contribution in [1.82, 2.24) is 20.1 Å². The predicted octanol–water partition coefficient (Wildman–Crippen LogP) is 3.55. The summed E-state index contributed by atoms with van der Waals surface area (Å²) in [7, 11) is 0. The summed E-state index contributed by atoms with van der Waals surface area (Å²) in [4.78, 5) is 34.0. The number of hydrogen-bond acceptors (Lipinski definition) is 5. The van der Waals surface area contributed by atoms with Crippen LogP contribution < -0.4 is 10.1 Å². The lowest BCUT2D eigenvalue weighted by Crippen LogP contribution is -2.53. The summed E-state index contributed by atoms with van der Waals surface area (Å²) in [5, 5.41) is 14.4. The fourth-order valence-electron chi connectivity index (χ4n) is 5.35. The number of rotatable bonds is 7. The van der Waals surface area contributed by atoms with E-state index >= 15 is 0 Å². The van der Waals surface area contributed by atoms with Gasteiger partial charge in [0.25, 0.3) is 5.91 Å². The molecule has 0 spiro atoms. The van der Waals surface area contributed by atoms with E-state index in [1.54, 1.807) is 23.1 Å². The summed E-state index contributed by atoms with van der Waals surface area (Å²) in [6, 6.07) is 11.9. The number of ether oxygens (including phenoxy) is 1. The maximum absolute atomic E-state index is 13.7. The van der Waals surface area contributed by atoms with E-state index in [4.69, 9.17) is 4.74 Å². The number of phenolic OH excluding ortho intramolecular Hbond substituents is 1. The highest BCUT2D eigenvalue weighted by molar-refractivity contribution is 6.08. The number of nitrogens with one attached hydrogen (secondary N) is 2. The molecule has 2 atom stereocenters. The molecule has 3 amide bonds. The maximum atomic E-state index is 13.7. The number of carbonyl (C=O) groups is 2. The van der Waals surface area contributed by atoms with E-state index in [1.165, 1.54) is 4.90 Å². The Labute approximate surface area is 198 Å². The van der Waals surface area contributed by atoms with Gasteiger partial charge in [0.1, 0.15) is 23.1 Å². The molecule has 1 saturated heterocycles. The van der Waals surface area contributed by atoms with Crippen molar-refractivity contribution in [2.45, 2.75) is 38.8 Å². The monoisotopic (exact) mass is 462 g/mol. The van der Waals surface area contributed by atoms with Crippen LogP contribution in [0.5, 0.6) is 11.5 Å². The van der Waals surface area contributed by atoms with Gasteiger partial charge >= 0.3 is 6.03 Å². The van der Waals surface area contributed by atoms with E-state index in [0.29, 0.717) is 26.1 Å². The zero-order valence-electron chi connectivity index (χ0n) is 19.7. The normalized spacial score (nSPS) is 21.8. The molecule has 5 rings (SSSR count). The summed E-state index contributed by atoms with van der Waals surface area (Å²) >= 11 is 0. The Bertz CT molecular complexity index is 1270. The Morgan fingerprint density at radius 3 is 2.76 bits per heavy atom. The van der Waals surface area contributed by atoms with Crippen molar-refractivity contribution in [3.63, 3.8) is 0 Å². The van der Waals surface area contributed by atoms with Crippen molar-refractivity contribution in [3.05, 3.63) is 59.3 Å². The number of urea groups is 1. The first-order chi connectivity index (χ1) is 16.4. The maximum Gasteiger partial charge on any atom is 0.328 e. The van der Waals surface area contributed by atoms with Gasteiger partial charge in [0.15, 0.2) is 0 Å². The third-order valence-corrected chi connectivity index (χ3v) is 6.90. The molecule has 0 bridgehead atoms. The van der Waals surface area contributed by atoms with Gasteiger partial charge in [0.05, 0.1) is 6.61 Å². The second-order valence-electron chi connectivity index (χ2n) is 9.07. The van der Waals surface area contributed by atoms with Crippen molar-refractivity contribution in [2.75, 3.05) is 26.2 Å². The number of phenols is 1. The lowest BCUT2D eigenvalue weighted by Gasteiger charge is -2.42. The van der Waals surface area contributed by atoms with Gasteiger partial charge in [-0.05, 0) is 61.9 Å². The van der Waals surface area contributed by atoms with Crippen molar-refractivity contribution in [2.24, 2.45) is 0 Å². The lowest BCUT2D eigenvalue weighted by atomic mass is 9.81. The van der Waals surface area contributed by atoms with Crippen molar-refractivity contribution < 1.29 is 19.4 Å². The van der Waals surface area contributed by atoms with Gasteiger partial charge < -0.3 is 20.1 Å². The highest BCUT2D eigenvalue weighted by Crippen LogP contribution is 2.49. The Morgan fingerprint density at radius 1 is 1.21 bits per heavy atom. The van der Waals surface area contributed by atoms with Crippen LogP contribution in [0.2, 0.25) is 0 Å². The summed E-state index contributed by atoms with van der Waals surface area (Å²) in [6.45, 7) is 7.96. The molecule has 0 saturated carbocycles. The number of benzene rings is 2. The summed E-state index contributed by atoms with van der Waals surface area (Å²) in [5.74, 6) is 0.684. The van der Waals surface area contributed by atoms with Gasteiger partial charge in [0, 0.05) is 36.1 Å².